The molecule has 0 spiro atoms. The Morgan fingerprint density at radius 3 is 2.47 bits per heavy atom. The number of methoxy groups -OCH3 is 2. The van der Waals surface area contributed by atoms with Gasteiger partial charge in [-0.05, 0) is 35.9 Å². The Morgan fingerprint density at radius 1 is 0.967 bits per heavy atom. The molecule has 0 aliphatic carbocycles. The van der Waals surface area contributed by atoms with Crippen LogP contribution in [-0.4, -0.2) is 29.5 Å². The highest BCUT2D eigenvalue weighted by Crippen LogP contribution is 2.45. The highest BCUT2D eigenvalue weighted by molar-refractivity contribution is 5.78. The van der Waals surface area contributed by atoms with Crippen LogP contribution in [0.2, 0.25) is 0 Å². The Kier molecular flexibility index (Phi) is 4.85. The number of ether oxygens (including phenoxy) is 3. The lowest BCUT2D eigenvalue weighted by molar-refractivity contribution is -0.0583. The standard InChI is InChI=1S/C22H18O8/c1-27-18-7-11(4-6-15(18)23)3-5-12-8-19-20(21(26)29-12)13-9-16(24)17(25)10-14(13)22(28-2)30-19/h3-10,22-25H,1-2H3/b5-3+/t22-/m1/s1. The van der Waals surface area contributed by atoms with Crippen LogP contribution in [0, 0.1) is 0 Å². The average molecular weight is 410 g/mol. The van der Waals surface area contributed by atoms with Gasteiger partial charge in [0.1, 0.15) is 17.1 Å². The molecule has 1 atom stereocenters. The van der Waals surface area contributed by atoms with Gasteiger partial charge < -0.3 is 33.9 Å². The first kappa shape index (κ1) is 19.4. The number of benzene rings is 2. The van der Waals surface area contributed by atoms with Crippen LogP contribution in [0.4, 0.5) is 0 Å². The minimum Gasteiger partial charge on any atom is -0.504 e. The van der Waals surface area contributed by atoms with Crippen molar-refractivity contribution < 1.29 is 33.9 Å². The van der Waals surface area contributed by atoms with Crippen LogP contribution in [0.25, 0.3) is 23.3 Å². The fourth-order valence-electron chi connectivity index (χ4n) is 3.24. The van der Waals surface area contributed by atoms with Gasteiger partial charge in [0.2, 0.25) is 6.29 Å². The number of phenolic OH excluding ortho intramolecular Hbond substituents is 3. The Hall–Kier alpha value is -3.91. The lowest BCUT2D eigenvalue weighted by Crippen LogP contribution is -2.20. The van der Waals surface area contributed by atoms with Crippen molar-refractivity contribution >= 4 is 12.2 Å². The minimum atomic E-state index is -0.876. The van der Waals surface area contributed by atoms with E-state index in [0.29, 0.717) is 22.4 Å². The molecule has 0 saturated carbocycles. The average Bonchev–Trinajstić information content (AvgIpc) is 2.73. The molecule has 2 aromatic carbocycles. The SMILES string of the molecule is COc1cc(/C=C/c2cc3c(c(=O)o2)-c2cc(O)c(O)cc2[C@H](OC)O3)ccc1O. The monoisotopic (exact) mass is 410 g/mol. The number of fused-ring (bicyclic) bond motifs is 3. The summed E-state index contributed by atoms with van der Waals surface area (Å²) in [5.74, 6) is 0.0554. The number of rotatable bonds is 4. The molecule has 0 radical (unpaired) electrons. The zero-order chi connectivity index (χ0) is 21.4. The molecule has 154 valence electrons. The second kappa shape index (κ2) is 7.49. The van der Waals surface area contributed by atoms with E-state index in [2.05, 4.69) is 0 Å². The van der Waals surface area contributed by atoms with Crippen molar-refractivity contribution in [3.05, 3.63) is 63.7 Å². The van der Waals surface area contributed by atoms with Crippen LogP contribution < -0.4 is 15.1 Å². The van der Waals surface area contributed by atoms with Crippen molar-refractivity contribution in [1.29, 1.82) is 0 Å². The molecule has 0 unspecified atom stereocenters. The smallest absolute Gasteiger partial charge is 0.347 e. The molecular formula is C22H18O8. The van der Waals surface area contributed by atoms with Crippen molar-refractivity contribution in [2.24, 2.45) is 0 Å². The molecule has 2 heterocycles. The van der Waals surface area contributed by atoms with E-state index in [1.165, 1.54) is 38.5 Å². The van der Waals surface area contributed by atoms with E-state index >= 15 is 0 Å². The highest BCUT2D eigenvalue weighted by Gasteiger charge is 2.31. The summed E-state index contributed by atoms with van der Waals surface area (Å²) in [4.78, 5) is 12.7. The van der Waals surface area contributed by atoms with Crippen LogP contribution >= 0.6 is 0 Å². The van der Waals surface area contributed by atoms with Gasteiger partial charge in [0.25, 0.3) is 0 Å². The predicted octanol–water partition coefficient (Wildman–Crippen LogP) is 3.64. The topological polar surface area (TPSA) is 119 Å². The fourth-order valence-corrected chi connectivity index (χ4v) is 3.24. The number of phenols is 3. The number of aromatic hydroxyl groups is 3. The van der Waals surface area contributed by atoms with Gasteiger partial charge in [0.15, 0.2) is 23.0 Å². The predicted molar refractivity (Wildman–Crippen MR) is 108 cm³/mol. The maximum Gasteiger partial charge on any atom is 0.347 e. The van der Waals surface area contributed by atoms with Crippen LogP contribution in [0.3, 0.4) is 0 Å². The lowest BCUT2D eigenvalue weighted by atomic mass is 9.96. The molecule has 4 rings (SSSR count). The van der Waals surface area contributed by atoms with Gasteiger partial charge in [0, 0.05) is 24.3 Å². The Balaban J connectivity index is 1.76. The molecule has 3 aromatic rings. The first-order valence-corrected chi connectivity index (χ1v) is 8.90. The summed E-state index contributed by atoms with van der Waals surface area (Å²) in [5, 5.41) is 29.3. The normalized spacial score (nSPS) is 14.8. The molecule has 1 aliphatic heterocycles. The van der Waals surface area contributed by atoms with Crippen molar-refractivity contribution in [2.75, 3.05) is 14.2 Å². The fraction of sp³-hybridized carbons (Fsp3) is 0.136. The van der Waals surface area contributed by atoms with Crippen molar-refractivity contribution in [3.8, 4) is 39.9 Å². The zero-order valence-corrected chi connectivity index (χ0v) is 16.1. The lowest BCUT2D eigenvalue weighted by Gasteiger charge is -2.27. The van der Waals surface area contributed by atoms with Crippen LogP contribution in [0.1, 0.15) is 23.2 Å². The van der Waals surface area contributed by atoms with Gasteiger partial charge >= 0.3 is 5.63 Å². The highest BCUT2D eigenvalue weighted by atomic mass is 16.7. The van der Waals surface area contributed by atoms with Crippen LogP contribution in [-0.2, 0) is 4.74 Å². The van der Waals surface area contributed by atoms with Crippen molar-refractivity contribution in [2.45, 2.75) is 6.29 Å². The molecule has 30 heavy (non-hydrogen) atoms. The number of hydrogen-bond donors (Lipinski definition) is 3. The summed E-state index contributed by atoms with van der Waals surface area (Å²) < 4.78 is 21.5. The largest absolute Gasteiger partial charge is 0.504 e. The molecule has 0 bridgehead atoms. The molecular weight excluding hydrogens is 392 g/mol. The molecule has 8 nitrogen and oxygen atoms in total. The summed E-state index contributed by atoms with van der Waals surface area (Å²) in [6, 6.07) is 8.88. The summed E-state index contributed by atoms with van der Waals surface area (Å²) in [6.07, 6.45) is 2.38. The third kappa shape index (κ3) is 3.33. The summed E-state index contributed by atoms with van der Waals surface area (Å²) in [7, 11) is 2.87. The molecule has 1 aromatic heterocycles. The van der Waals surface area contributed by atoms with Gasteiger partial charge in [-0.25, -0.2) is 4.79 Å². The third-order valence-corrected chi connectivity index (χ3v) is 4.70. The molecule has 0 amide bonds. The molecule has 8 heteroatoms. The van der Waals surface area contributed by atoms with Gasteiger partial charge in [-0.2, -0.15) is 0 Å². The van der Waals surface area contributed by atoms with Crippen LogP contribution in [0.15, 0.2) is 45.6 Å². The summed E-state index contributed by atoms with van der Waals surface area (Å²) in [5.41, 5.74) is 0.915. The van der Waals surface area contributed by atoms with E-state index < -0.39 is 11.9 Å². The first-order chi connectivity index (χ1) is 14.4. The van der Waals surface area contributed by atoms with Gasteiger partial charge in [0.05, 0.1) is 7.11 Å². The van der Waals surface area contributed by atoms with Crippen LogP contribution in [0.5, 0.6) is 28.7 Å². The van der Waals surface area contributed by atoms with Crippen molar-refractivity contribution in [3.63, 3.8) is 0 Å². The quantitative estimate of drug-likeness (QED) is 0.558. The molecule has 1 aliphatic rings. The second-order valence-electron chi connectivity index (χ2n) is 6.55. The summed E-state index contributed by atoms with van der Waals surface area (Å²) in [6.45, 7) is 0. The molecule has 0 fully saturated rings. The maximum absolute atomic E-state index is 12.7. The Bertz CT molecular complexity index is 1210. The van der Waals surface area contributed by atoms with Crippen molar-refractivity contribution in [1.82, 2.24) is 0 Å². The van der Waals surface area contributed by atoms with E-state index in [1.54, 1.807) is 24.3 Å². The van der Waals surface area contributed by atoms with E-state index in [-0.39, 0.29) is 34.3 Å². The Labute approximate surface area is 170 Å². The van der Waals surface area contributed by atoms with E-state index in [1.807, 2.05) is 0 Å². The first-order valence-electron chi connectivity index (χ1n) is 8.90. The van der Waals surface area contributed by atoms with Gasteiger partial charge in [-0.3, -0.25) is 0 Å². The van der Waals surface area contributed by atoms with Gasteiger partial charge in [-0.1, -0.05) is 12.1 Å². The Morgan fingerprint density at radius 2 is 1.73 bits per heavy atom. The van der Waals surface area contributed by atoms with E-state index in [4.69, 9.17) is 18.6 Å². The molecule has 3 N–H and O–H groups in total. The summed E-state index contributed by atoms with van der Waals surface area (Å²) >= 11 is 0. The zero-order valence-electron chi connectivity index (χ0n) is 16.1. The number of hydrogen-bond acceptors (Lipinski definition) is 8. The third-order valence-electron chi connectivity index (χ3n) is 4.70. The second-order valence-corrected chi connectivity index (χ2v) is 6.55. The van der Waals surface area contributed by atoms with E-state index in [9.17, 15) is 20.1 Å². The van der Waals surface area contributed by atoms with Gasteiger partial charge in [-0.15, -0.1) is 0 Å². The van der Waals surface area contributed by atoms with E-state index in [0.717, 1.165) is 0 Å². The maximum atomic E-state index is 12.7. The molecule has 0 saturated heterocycles. The minimum absolute atomic E-state index is 0.0157.